The van der Waals surface area contributed by atoms with Crippen LogP contribution in [-0.2, 0) is 9.53 Å². The van der Waals surface area contributed by atoms with Gasteiger partial charge in [-0.05, 0) is 48.7 Å². The average Bonchev–Trinajstić information content (AvgIpc) is 2.73. The van der Waals surface area contributed by atoms with Crippen LogP contribution in [0.15, 0.2) is 12.1 Å². The number of piperazine rings is 1. The van der Waals surface area contributed by atoms with Crippen LogP contribution in [0.4, 0.5) is 0 Å². The molecule has 7 nitrogen and oxygen atoms in total. The SMILES string of the molecule is CCOc1cc(C(=S)N2CCN(C)CC2)cc(I)c1OCC(=O)N1CCOCC1. The molecule has 9 heteroatoms. The van der Waals surface area contributed by atoms with E-state index in [1.807, 2.05) is 19.1 Å². The molecule has 0 unspecified atom stereocenters. The number of halogens is 1. The number of likely N-dealkylation sites (N-methyl/N-ethyl adjacent to an activating group) is 1. The summed E-state index contributed by atoms with van der Waals surface area (Å²) >= 11 is 7.98. The van der Waals surface area contributed by atoms with Crippen LogP contribution in [0, 0.1) is 3.57 Å². The predicted octanol–water partition coefficient (Wildman–Crippen LogP) is 1.85. The number of nitrogens with zero attached hydrogens (tertiary/aromatic N) is 3. The third-order valence-electron chi connectivity index (χ3n) is 5.05. The molecule has 29 heavy (non-hydrogen) atoms. The van der Waals surface area contributed by atoms with E-state index in [1.165, 1.54) is 0 Å². The van der Waals surface area contributed by atoms with Crippen molar-refractivity contribution in [2.45, 2.75) is 6.92 Å². The molecule has 0 N–H and O–H groups in total. The zero-order valence-electron chi connectivity index (χ0n) is 17.0. The summed E-state index contributed by atoms with van der Waals surface area (Å²) in [7, 11) is 2.13. The summed E-state index contributed by atoms with van der Waals surface area (Å²) in [6.45, 7) is 8.63. The summed E-state index contributed by atoms with van der Waals surface area (Å²) in [6, 6.07) is 3.94. The van der Waals surface area contributed by atoms with Crippen molar-refractivity contribution < 1.29 is 19.0 Å². The van der Waals surface area contributed by atoms with Crippen molar-refractivity contribution in [2.75, 3.05) is 72.7 Å². The van der Waals surface area contributed by atoms with Crippen molar-refractivity contribution >= 4 is 45.7 Å². The molecule has 2 aliphatic rings. The van der Waals surface area contributed by atoms with Crippen LogP contribution in [0.1, 0.15) is 12.5 Å². The highest BCUT2D eigenvalue weighted by Gasteiger charge is 2.22. The maximum Gasteiger partial charge on any atom is 0.260 e. The van der Waals surface area contributed by atoms with Gasteiger partial charge in [-0.3, -0.25) is 4.79 Å². The summed E-state index contributed by atoms with van der Waals surface area (Å²) in [5.41, 5.74) is 0.948. The van der Waals surface area contributed by atoms with Crippen LogP contribution >= 0.6 is 34.8 Å². The normalized spacial score (nSPS) is 17.9. The zero-order valence-corrected chi connectivity index (χ0v) is 20.0. The van der Waals surface area contributed by atoms with E-state index in [2.05, 4.69) is 39.4 Å². The van der Waals surface area contributed by atoms with Gasteiger partial charge in [0, 0.05) is 44.8 Å². The van der Waals surface area contributed by atoms with Crippen LogP contribution in [0.2, 0.25) is 0 Å². The third kappa shape index (κ3) is 5.93. The topological polar surface area (TPSA) is 54.5 Å². The lowest BCUT2D eigenvalue weighted by Gasteiger charge is -2.34. The fourth-order valence-corrected chi connectivity index (χ4v) is 4.38. The van der Waals surface area contributed by atoms with E-state index in [9.17, 15) is 4.79 Å². The summed E-state index contributed by atoms with van der Waals surface area (Å²) in [5, 5.41) is 0. The van der Waals surface area contributed by atoms with Gasteiger partial charge in [-0.25, -0.2) is 0 Å². The lowest BCUT2D eigenvalue weighted by atomic mass is 10.1. The standard InChI is InChI=1S/C20H28IN3O4S/c1-3-27-17-13-15(20(29)24-6-4-22(2)5-7-24)12-16(21)19(17)28-14-18(25)23-8-10-26-11-9-23/h12-13H,3-11,14H2,1-2H3. The Bertz CT molecular complexity index is 735. The Morgan fingerprint density at radius 3 is 2.45 bits per heavy atom. The second kappa shape index (κ2) is 10.7. The van der Waals surface area contributed by atoms with E-state index in [4.69, 9.17) is 26.4 Å². The molecule has 1 aromatic carbocycles. The summed E-state index contributed by atoms with van der Waals surface area (Å²) in [4.78, 5) is 19.6. The Morgan fingerprint density at radius 1 is 1.10 bits per heavy atom. The molecule has 2 fully saturated rings. The largest absolute Gasteiger partial charge is 0.490 e. The van der Waals surface area contributed by atoms with E-state index in [-0.39, 0.29) is 12.5 Å². The summed E-state index contributed by atoms with van der Waals surface area (Å²) in [5.74, 6) is 1.18. The van der Waals surface area contributed by atoms with Crippen molar-refractivity contribution in [3.8, 4) is 11.5 Å². The molecular formula is C20H28IN3O4S. The molecular weight excluding hydrogens is 505 g/mol. The van der Waals surface area contributed by atoms with E-state index >= 15 is 0 Å². The van der Waals surface area contributed by atoms with Crippen molar-refractivity contribution in [1.82, 2.24) is 14.7 Å². The second-order valence-electron chi connectivity index (χ2n) is 7.10. The number of carbonyl (C=O) groups excluding carboxylic acids is 1. The monoisotopic (exact) mass is 533 g/mol. The van der Waals surface area contributed by atoms with Crippen LogP contribution in [0.3, 0.4) is 0 Å². The van der Waals surface area contributed by atoms with Crippen molar-refractivity contribution in [2.24, 2.45) is 0 Å². The number of morpholine rings is 1. The molecule has 0 atom stereocenters. The van der Waals surface area contributed by atoms with Crippen LogP contribution in [0.25, 0.3) is 0 Å². The first-order valence-corrected chi connectivity index (χ1v) is 11.4. The fourth-order valence-electron chi connectivity index (χ4n) is 3.32. The van der Waals surface area contributed by atoms with Gasteiger partial charge in [0.2, 0.25) is 0 Å². The van der Waals surface area contributed by atoms with Crippen molar-refractivity contribution in [3.63, 3.8) is 0 Å². The molecule has 0 radical (unpaired) electrons. The summed E-state index contributed by atoms with van der Waals surface area (Å²) in [6.07, 6.45) is 0. The van der Waals surface area contributed by atoms with Crippen LogP contribution < -0.4 is 9.47 Å². The summed E-state index contributed by atoms with van der Waals surface area (Å²) < 4.78 is 17.9. The predicted molar refractivity (Wildman–Crippen MR) is 124 cm³/mol. The van der Waals surface area contributed by atoms with E-state index in [0.29, 0.717) is 44.4 Å². The Morgan fingerprint density at radius 2 is 1.79 bits per heavy atom. The van der Waals surface area contributed by atoms with E-state index in [1.54, 1.807) is 4.90 Å². The average molecular weight is 533 g/mol. The minimum atomic E-state index is -0.0383. The lowest BCUT2D eigenvalue weighted by molar-refractivity contribution is -0.137. The molecule has 0 bridgehead atoms. The van der Waals surface area contributed by atoms with Crippen molar-refractivity contribution in [3.05, 3.63) is 21.3 Å². The Kier molecular flexibility index (Phi) is 8.34. The van der Waals surface area contributed by atoms with Crippen LogP contribution in [0.5, 0.6) is 11.5 Å². The van der Waals surface area contributed by atoms with E-state index < -0.39 is 0 Å². The van der Waals surface area contributed by atoms with Gasteiger partial charge in [0.05, 0.1) is 23.4 Å². The minimum absolute atomic E-state index is 0.0155. The Labute approximate surface area is 191 Å². The van der Waals surface area contributed by atoms with Crippen molar-refractivity contribution in [1.29, 1.82) is 0 Å². The number of amides is 1. The van der Waals surface area contributed by atoms with Gasteiger partial charge >= 0.3 is 0 Å². The third-order valence-corrected chi connectivity index (χ3v) is 6.35. The van der Waals surface area contributed by atoms with E-state index in [0.717, 1.165) is 40.3 Å². The fraction of sp³-hybridized carbons (Fsp3) is 0.600. The zero-order chi connectivity index (χ0) is 20.8. The highest BCUT2D eigenvalue weighted by Crippen LogP contribution is 2.35. The lowest BCUT2D eigenvalue weighted by Crippen LogP contribution is -2.46. The Balaban J connectivity index is 1.72. The number of benzene rings is 1. The quantitative estimate of drug-likeness (QED) is 0.409. The highest BCUT2D eigenvalue weighted by molar-refractivity contribution is 14.1. The molecule has 2 heterocycles. The molecule has 0 saturated carbocycles. The molecule has 2 aliphatic heterocycles. The smallest absolute Gasteiger partial charge is 0.260 e. The Hall–Kier alpha value is -1.17. The number of thiocarbonyl (C=S) groups is 1. The molecule has 0 aromatic heterocycles. The molecule has 1 aromatic rings. The molecule has 2 saturated heterocycles. The first-order chi connectivity index (χ1) is 14.0. The molecule has 0 spiro atoms. The maximum atomic E-state index is 12.4. The van der Waals surface area contributed by atoms with Gasteiger partial charge in [0.15, 0.2) is 18.1 Å². The number of hydrogen-bond donors (Lipinski definition) is 0. The molecule has 1 amide bonds. The number of rotatable bonds is 6. The maximum absolute atomic E-state index is 12.4. The van der Waals surface area contributed by atoms with Gasteiger partial charge in [0.1, 0.15) is 4.99 Å². The van der Waals surface area contributed by atoms with Gasteiger partial charge in [0.25, 0.3) is 5.91 Å². The molecule has 3 rings (SSSR count). The minimum Gasteiger partial charge on any atom is -0.490 e. The van der Waals surface area contributed by atoms with Gasteiger partial charge in [-0.15, -0.1) is 0 Å². The molecule has 160 valence electrons. The second-order valence-corrected chi connectivity index (χ2v) is 8.64. The number of carbonyl (C=O) groups is 1. The molecule has 0 aliphatic carbocycles. The van der Waals surface area contributed by atoms with Crippen LogP contribution in [-0.4, -0.2) is 98.3 Å². The highest BCUT2D eigenvalue weighted by atomic mass is 127. The number of hydrogen-bond acceptors (Lipinski definition) is 6. The van der Waals surface area contributed by atoms with Gasteiger partial charge < -0.3 is 28.9 Å². The van der Waals surface area contributed by atoms with Gasteiger partial charge in [-0.2, -0.15) is 0 Å². The first kappa shape index (κ1) is 22.5. The first-order valence-electron chi connectivity index (χ1n) is 9.92. The van der Waals surface area contributed by atoms with Gasteiger partial charge in [-0.1, -0.05) is 12.2 Å². The number of ether oxygens (including phenoxy) is 3.